The first kappa shape index (κ1) is 29.4. The number of carbonyl (C=O) groups excluding carboxylic acids is 2. The summed E-state index contributed by atoms with van der Waals surface area (Å²) in [5.74, 6) is 3.16. The maximum Gasteiger partial charge on any atom is 0.323 e. The summed E-state index contributed by atoms with van der Waals surface area (Å²) in [5, 5.41) is 19.6. The summed E-state index contributed by atoms with van der Waals surface area (Å²) in [6.45, 7) is 0.434. The molecule has 0 radical (unpaired) electrons. The fourth-order valence-corrected chi connectivity index (χ4v) is 4.19. The number of rotatable bonds is 12. The molecule has 44 heavy (non-hydrogen) atoms. The Morgan fingerprint density at radius 1 is 0.818 bits per heavy atom. The monoisotopic (exact) mass is 586 g/mol. The van der Waals surface area contributed by atoms with Crippen molar-refractivity contribution in [1.29, 1.82) is 0 Å². The van der Waals surface area contributed by atoms with Gasteiger partial charge in [0, 0.05) is 48.4 Å². The molecular weight excluding hydrogens is 556 g/mol. The molecule has 0 atom stereocenters. The smallest absolute Gasteiger partial charge is 0.323 e. The first-order valence-electron chi connectivity index (χ1n) is 13.9. The maximum atomic E-state index is 12.5. The zero-order valence-corrected chi connectivity index (χ0v) is 23.7. The zero-order chi connectivity index (χ0) is 30.8. The Balaban J connectivity index is 1.08. The number of carbonyl (C=O) groups is 2. The summed E-state index contributed by atoms with van der Waals surface area (Å²) in [5.41, 5.74) is 8.71. The summed E-state index contributed by atoms with van der Waals surface area (Å²) in [6.07, 6.45) is 10.8. The number of terminal acetylenes is 1. The highest BCUT2D eigenvalue weighted by molar-refractivity contribution is 6.00. The van der Waals surface area contributed by atoms with Crippen LogP contribution in [-0.2, 0) is 0 Å². The van der Waals surface area contributed by atoms with E-state index in [1.165, 1.54) is 0 Å². The Hall–Kier alpha value is -6.09. The topological polar surface area (TPSA) is 172 Å². The van der Waals surface area contributed by atoms with Gasteiger partial charge in [0.15, 0.2) is 11.5 Å². The lowest BCUT2D eigenvalue weighted by Gasteiger charge is -2.11. The number of hydrogen-bond donors (Lipinski definition) is 5. The van der Waals surface area contributed by atoms with Gasteiger partial charge < -0.3 is 27.0 Å². The molecule has 0 unspecified atom stereocenters. The van der Waals surface area contributed by atoms with Gasteiger partial charge in [0.1, 0.15) is 0 Å². The second kappa shape index (κ2) is 13.7. The number of nitrogens with one attached hydrogen (secondary N) is 4. The van der Waals surface area contributed by atoms with E-state index in [0.29, 0.717) is 60.2 Å². The number of benzene rings is 3. The molecule has 0 fully saturated rings. The molecule has 12 nitrogen and oxygen atoms in total. The molecule has 5 rings (SSSR count). The van der Waals surface area contributed by atoms with Crippen molar-refractivity contribution in [2.45, 2.75) is 24.9 Å². The van der Waals surface area contributed by atoms with Gasteiger partial charge in [-0.25, -0.2) is 4.79 Å². The maximum absolute atomic E-state index is 12.5. The van der Waals surface area contributed by atoms with Gasteiger partial charge in [-0.3, -0.25) is 4.79 Å². The van der Waals surface area contributed by atoms with Gasteiger partial charge in [-0.05, 0) is 60.2 Å². The van der Waals surface area contributed by atoms with Crippen LogP contribution in [0.2, 0.25) is 0 Å². The van der Waals surface area contributed by atoms with Gasteiger partial charge in [0.05, 0.1) is 0 Å². The third-order valence-electron chi connectivity index (χ3n) is 6.56. The molecule has 3 amide bonds. The van der Waals surface area contributed by atoms with E-state index in [1.54, 1.807) is 54.6 Å². The van der Waals surface area contributed by atoms with Crippen molar-refractivity contribution in [2.75, 3.05) is 28.2 Å². The number of anilines is 5. The first-order valence-corrected chi connectivity index (χ1v) is 13.9. The molecule has 6 N–H and O–H groups in total. The molecule has 2 heterocycles. The number of nitrogen functional groups attached to an aromatic ring is 1. The Bertz CT molecular complexity index is 1710. The van der Waals surface area contributed by atoms with Crippen LogP contribution in [0.5, 0.6) is 0 Å². The van der Waals surface area contributed by atoms with Crippen LogP contribution in [0.1, 0.15) is 41.0 Å². The summed E-state index contributed by atoms with van der Waals surface area (Å²) in [6, 6.07) is 22.9. The molecule has 0 spiro atoms. The van der Waals surface area contributed by atoms with Gasteiger partial charge in [0.25, 0.3) is 5.91 Å². The lowest BCUT2D eigenvalue weighted by molar-refractivity contribution is 0.0952. The molecule has 0 saturated heterocycles. The molecular formula is C32H30N10O2. The van der Waals surface area contributed by atoms with Crippen LogP contribution < -0.4 is 27.0 Å². The Kier molecular flexibility index (Phi) is 9.17. The zero-order valence-electron chi connectivity index (χ0n) is 23.7. The highest BCUT2D eigenvalue weighted by atomic mass is 16.2. The Morgan fingerprint density at radius 2 is 1.48 bits per heavy atom. The van der Waals surface area contributed by atoms with Crippen LogP contribution >= 0.6 is 0 Å². The molecule has 0 aliphatic carbocycles. The van der Waals surface area contributed by atoms with Crippen LogP contribution in [-0.4, -0.2) is 39.1 Å². The van der Waals surface area contributed by atoms with E-state index in [4.69, 9.17) is 12.2 Å². The third-order valence-corrected chi connectivity index (χ3v) is 6.56. The summed E-state index contributed by atoms with van der Waals surface area (Å²) < 4.78 is 0. The van der Waals surface area contributed by atoms with Crippen molar-refractivity contribution in [3.63, 3.8) is 0 Å². The number of urea groups is 1. The molecule has 1 aliphatic heterocycles. The minimum atomic E-state index is -0.440. The third kappa shape index (κ3) is 8.46. The molecule has 0 saturated carbocycles. The largest absolute Gasteiger partial charge is 0.368 e. The molecule has 1 aliphatic rings. The lowest BCUT2D eigenvalue weighted by Crippen LogP contribution is -2.28. The van der Waals surface area contributed by atoms with Gasteiger partial charge in [-0.2, -0.15) is 25.2 Å². The van der Waals surface area contributed by atoms with Crippen LogP contribution in [0.4, 0.5) is 33.8 Å². The summed E-state index contributed by atoms with van der Waals surface area (Å²) in [7, 11) is 0. The SMILES string of the molecule is C#CCCC1(CCNC(=O)c2ccc(NC(=O)Nc3ccc(Nc4nc(N)nc(/C=C/c5ccccc5)n4)cc3)cc2)N=N1. The number of amides is 3. The highest BCUT2D eigenvalue weighted by Gasteiger charge is 2.38. The van der Waals surface area contributed by atoms with E-state index in [2.05, 4.69) is 52.4 Å². The minimum Gasteiger partial charge on any atom is -0.368 e. The van der Waals surface area contributed by atoms with Crippen molar-refractivity contribution in [2.24, 2.45) is 10.2 Å². The summed E-state index contributed by atoms with van der Waals surface area (Å²) >= 11 is 0. The fraction of sp³-hybridized carbons (Fsp3) is 0.156. The van der Waals surface area contributed by atoms with Crippen molar-refractivity contribution in [1.82, 2.24) is 20.3 Å². The average molecular weight is 587 g/mol. The highest BCUT2D eigenvalue weighted by Crippen LogP contribution is 2.36. The lowest BCUT2D eigenvalue weighted by atomic mass is 10.0. The molecule has 1 aromatic heterocycles. The van der Waals surface area contributed by atoms with E-state index >= 15 is 0 Å². The number of hydrogen-bond acceptors (Lipinski definition) is 9. The van der Waals surface area contributed by atoms with Gasteiger partial charge in [-0.1, -0.05) is 36.4 Å². The predicted molar refractivity (Wildman–Crippen MR) is 171 cm³/mol. The predicted octanol–water partition coefficient (Wildman–Crippen LogP) is 5.71. The van der Waals surface area contributed by atoms with Crippen molar-refractivity contribution in [3.05, 3.63) is 95.8 Å². The standard InChI is InChI=1S/C32H30N10O2/c1-2-3-19-32(41-42-32)20-21-34-28(43)23-10-12-25(13-11-23)36-31(44)37-26-16-14-24(15-17-26)35-30-39-27(38-29(33)40-30)18-9-22-7-5-4-6-8-22/h1,4-18H,3,19-21H2,(H,34,43)(H2,36,37,44)(H3,33,35,38,39,40)/b18-9+. The van der Waals surface area contributed by atoms with Crippen molar-refractivity contribution in [3.8, 4) is 12.3 Å². The van der Waals surface area contributed by atoms with Gasteiger partial charge in [-0.15, -0.1) is 12.3 Å². The first-order chi connectivity index (χ1) is 21.4. The van der Waals surface area contributed by atoms with Gasteiger partial charge >= 0.3 is 6.03 Å². The number of nitrogens with zero attached hydrogens (tertiary/aromatic N) is 5. The Morgan fingerprint density at radius 3 is 2.14 bits per heavy atom. The van der Waals surface area contributed by atoms with E-state index in [-0.39, 0.29) is 11.9 Å². The average Bonchev–Trinajstić information content (AvgIpc) is 3.80. The Labute approximate surface area is 254 Å². The normalized spacial score (nSPS) is 12.7. The van der Waals surface area contributed by atoms with Crippen molar-refractivity contribution < 1.29 is 9.59 Å². The molecule has 3 aromatic carbocycles. The van der Waals surface area contributed by atoms with Crippen LogP contribution in [0.25, 0.3) is 12.2 Å². The molecule has 4 aromatic rings. The molecule has 12 heteroatoms. The second-order valence-electron chi connectivity index (χ2n) is 9.87. The molecule has 220 valence electrons. The van der Waals surface area contributed by atoms with E-state index in [0.717, 1.165) is 5.56 Å². The second-order valence-corrected chi connectivity index (χ2v) is 9.87. The van der Waals surface area contributed by atoms with E-state index in [9.17, 15) is 9.59 Å². The van der Waals surface area contributed by atoms with Crippen LogP contribution in [0.15, 0.2) is 89.1 Å². The van der Waals surface area contributed by atoms with Gasteiger partial charge in [0.2, 0.25) is 11.9 Å². The van der Waals surface area contributed by atoms with E-state index in [1.807, 2.05) is 36.4 Å². The summed E-state index contributed by atoms with van der Waals surface area (Å²) in [4.78, 5) is 37.7. The quantitative estimate of drug-likeness (QED) is 0.132. The van der Waals surface area contributed by atoms with Crippen LogP contribution in [0.3, 0.4) is 0 Å². The number of aromatic nitrogens is 3. The number of nitrogens with two attached hydrogens (primary N) is 1. The minimum absolute atomic E-state index is 0.0880. The fourth-order valence-electron chi connectivity index (χ4n) is 4.19. The van der Waals surface area contributed by atoms with Crippen LogP contribution in [0, 0.1) is 12.3 Å². The van der Waals surface area contributed by atoms with Crippen molar-refractivity contribution >= 4 is 53.0 Å². The molecule has 0 bridgehead atoms. The van der Waals surface area contributed by atoms with E-state index < -0.39 is 11.7 Å².